The highest BCUT2D eigenvalue weighted by Gasteiger charge is 2.18. The normalized spacial score (nSPS) is 10.9. The minimum absolute atomic E-state index is 0.0202. The lowest BCUT2D eigenvalue weighted by Crippen LogP contribution is -2.11. The summed E-state index contributed by atoms with van der Waals surface area (Å²) in [6, 6.07) is 16.8. The van der Waals surface area contributed by atoms with E-state index in [1.165, 1.54) is 18.3 Å². The highest BCUT2D eigenvalue weighted by molar-refractivity contribution is 6.01. The second kappa shape index (κ2) is 7.52. The van der Waals surface area contributed by atoms with Gasteiger partial charge in [0.05, 0.1) is 11.7 Å². The molecule has 138 valence electrons. The van der Waals surface area contributed by atoms with E-state index in [2.05, 4.69) is 15.2 Å². The van der Waals surface area contributed by atoms with Gasteiger partial charge in [-0.25, -0.2) is 9.37 Å². The van der Waals surface area contributed by atoms with Crippen molar-refractivity contribution in [3.05, 3.63) is 95.2 Å². The second-order valence-corrected chi connectivity index (χ2v) is 6.49. The SMILES string of the molecule is O=C(Cc1cn[nH]c1C(=O)Cc1ccc(F)cc1)c1ccc2ccccc2n1. The molecule has 1 N–H and O–H groups in total. The second-order valence-electron chi connectivity index (χ2n) is 6.49. The van der Waals surface area contributed by atoms with Crippen molar-refractivity contribution in [2.45, 2.75) is 12.8 Å². The number of hydrogen-bond acceptors (Lipinski definition) is 4. The number of aromatic nitrogens is 3. The third-order valence-corrected chi connectivity index (χ3v) is 4.51. The van der Waals surface area contributed by atoms with Gasteiger partial charge in [0.25, 0.3) is 0 Å². The third kappa shape index (κ3) is 3.71. The van der Waals surface area contributed by atoms with Gasteiger partial charge in [-0.05, 0) is 29.8 Å². The average molecular weight is 373 g/mol. The van der Waals surface area contributed by atoms with Crippen LogP contribution < -0.4 is 0 Å². The van der Waals surface area contributed by atoms with Crippen molar-refractivity contribution in [1.29, 1.82) is 0 Å². The Kier molecular flexibility index (Phi) is 4.76. The van der Waals surface area contributed by atoms with Crippen molar-refractivity contribution in [3.63, 3.8) is 0 Å². The van der Waals surface area contributed by atoms with E-state index in [1.54, 1.807) is 18.2 Å². The molecule has 0 atom stereocenters. The summed E-state index contributed by atoms with van der Waals surface area (Å²) < 4.78 is 13.0. The van der Waals surface area contributed by atoms with E-state index in [-0.39, 0.29) is 30.2 Å². The number of nitrogens with zero attached hydrogens (tertiary/aromatic N) is 2. The van der Waals surface area contributed by atoms with E-state index in [1.807, 2.05) is 30.3 Å². The van der Waals surface area contributed by atoms with Gasteiger partial charge in [0.2, 0.25) is 0 Å². The Morgan fingerprint density at radius 3 is 2.50 bits per heavy atom. The lowest BCUT2D eigenvalue weighted by atomic mass is 10.0. The number of hydrogen-bond donors (Lipinski definition) is 1. The Bertz CT molecular complexity index is 1170. The summed E-state index contributed by atoms with van der Waals surface area (Å²) in [6.45, 7) is 0. The van der Waals surface area contributed by atoms with Gasteiger partial charge in [0, 0.05) is 23.8 Å². The molecule has 0 amide bonds. The zero-order chi connectivity index (χ0) is 19.5. The van der Waals surface area contributed by atoms with Gasteiger partial charge in [-0.15, -0.1) is 0 Å². The monoisotopic (exact) mass is 373 g/mol. The van der Waals surface area contributed by atoms with Crippen LogP contribution in [0.25, 0.3) is 10.9 Å². The number of Topliss-reactive ketones (excluding diaryl/α,β-unsaturated/α-hetero) is 2. The fourth-order valence-electron chi connectivity index (χ4n) is 3.05. The summed E-state index contributed by atoms with van der Waals surface area (Å²) >= 11 is 0. The van der Waals surface area contributed by atoms with E-state index in [4.69, 9.17) is 0 Å². The summed E-state index contributed by atoms with van der Waals surface area (Å²) in [5.41, 5.74) is 2.59. The number of H-pyrrole nitrogens is 1. The predicted molar refractivity (Wildman–Crippen MR) is 103 cm³/mol. The maximum atomic E-state index is 13.0. The fraction of sp³-hybridized carbons (Fsp3) is 0.0909. The number of carbonyl (C=O) groups is 2. The lowest BCUT2D eigenvalue weighted by Gasteiger charge is -2.04. The standard InChI is InChI=1S/C22H16FN3O2/c23-17-8-5-14(6-9-17)11-21(28)22-16(13-24-26-22)12-20(27)19-10-7-15-3-1-2-4-18(15)25-19/h1-10,13H,11-12H2,(H,24,26). The first kappa shape index (κ1) is 17.7. The minimum Gasteiger partial charge on any atom is -0.292 e. The van der Waals surface area contributed by atoms with Crippen LogP contribution in [-0.2, 0) is 12.8 Å². The topological polar surface area (TPSA) is 75.7 Å². The molecule has 0 aliphatic heterocycles. The van der Waals surface area contributed by atoms with Crippen LogP contribution in [0.5, 0.6) is 0 Å². The first-order valence-electron chi connectivity index (χ1n) is 8.79. The Morgan fingerprint density at radius 1 is 0.893 bits per heavy atom. The van der Waals surface area contributed by atoms with Crippen LogP contribution in [0.4, 0.5) is 4.39 Å². The average Bonchev–Trinajstić information content (AvgIpc) is 3.17. The van der Waals surface area contributed by atoms with Crippen LogP contribution in [0, 0.1) is 5.82 Å². The van der Waals surface area contributed by atoms with Crippen LogP contribution in [0.3, 0.4) is 0 Å². The molecule has 4 aromatic rings. The molecule has 0 radical (unpaired) electrons. The first-order chi connectivity index (χ1) is 13.6. The summed E-state index contributed by atoms with van der Waals surface area (Å²) in [5.74, 6) is -0.756. The number of nitrogens with one attached hydrogen (secondary N) is 1. The van der Waals surface area contributed by atoms with E-state index >= 15 is 0 Å². The molecule has 28 heavy (non-hydrogen) atoms. The number of rotatable bonds is 6. The van der Waals surface area contributed by atoms with Gasteiger partial charge in [-0.3, -0.25) is 14.7 Å². The van der Waals surface area contributed by atoms with Crippen LogP contribution in [0.2, 0.25) is 0 Å². The van der Waals surface area contributed by atoms with Crippen molar-refractivity contribution < 1.29 is 14.0 Å². The molecule has 5 nitrogen and oxygen atoms in total. The molecule has 0 fully saturated rings. The largest absolute Gasteiger partial charge is 0.292 e. The molecule has 6 heteroatoms. The number of pyridine rings is 1. The van der Waals surface area contributed by atoms with Crippen LogP contribution in [0.15, 0.2) is 66.9 Å². The first-order valence-corrected chi connectivity index (χ1v) is 8.79. The lowest BCUT2D eigenvalue weighted by molar-refractivity contribution is 0.0984. The maximum Gasteiger partial charge on any atom is 0.185 e. The van der Waals surface area contributed by atoms with Gasteiger partial charge >= 0.3 is 0 Å². The molecule has 0 saturated heterocycles. The molecule has 0 bridgehead atoms. The fourth-order valence-corrected chi connectivity index (χ4v) is 3.05. The number of fused-ring (bicyclic) bond motifs is 1. The number of benzene rings is 2. The van der Waals surface area contributed by atoms with Gasteiger partial charge in [0.15, 0.2) is 11.6 Å². The van der Waals surface area contributed by atoms with E-state index in [9.17, 15) is 14.0 Å². The molecular weight excluding hydrogens is 357 g/mol. The smallest absolute Gasteiger partial charge is 0.185 e. The molecule has 2 heterocycles. The highest BCUT2D eigenvalue weighted by Crippen LogP contribution is 2.16. The van der Waals surface area contributed by atoms with E-state index in [0.29, 0.717) is 22.5 Å². The quantitative estimate of drug-likeness (QED) is 0.519. The summed E-state index contributed by atoms with van der Waals surface area (Å²) in [6.07, 6.45) is 1.60. The van der Waals surface area contributed by atoms with Crippen molar-refractivity contribution in [2.75, 3.05) is 0 Å². The van der Waals surface area contributed by atoms with Gasteiger partial charge in [0.1, 0.15) is 17.2 Å². The van der Waals surface area contributed by atoms with E-state index in [0.717, 1.165) is 10.9 Å². The van der Waals surface area contributed by atoms with Crippen LogP contribution in [-0.4, -0.2) is 26.7 Å². The molecule has 0 aliphatic carbocycles. The maximum absolute atomic E-state index is 13.0. The van der Waals surface area contributed by atoms with Crippen LogP contribution in [0.1, 0.15) is 32.1 Å². The minimum atomic E-state index is -0.355. The summed E-state index contributed by atoms with van der Waals surface area (Å²) in [7, 11) is 0. The van der Waals surface area contributed by atoms with Crippen molar-refractivity contribution in [3.8, 4) is 0 Å². The number of aromatic amines is 1. The number of halogens is 1. The van der Waals surface area contributed by atoms with Crippen LogP contribution >= 0.6 is 0 Å². The summed E-state index contributed by atoms with van der Waals surface area (Å²) in [4.78, 5) is 29.7. The number of ketones is 2. The van der Waals surface area contributed by atoms with Gasteiger partial charge < -0.3 is 0 Å². The highest BCUT2D eigenvalue weighted by atomic mass is 19.1. The van der Waals surface area contributed by atoms with Gasteiger partial charge in [-0.1, -0.05) is 36.4 Å². The Morgan fingerprint density at radius 2 is 1.68 bits per heavy atom. The molecule has 0 unspecified atom stereocenters. The molecule has 2 aromatic carbocycles. The molecule has 4 rings (SSSR count). The summed E-state index contributed by atoms with van der Waals surface area (Å²) in [5, 5.41) is 7.55. The number of para-hydroxylation sites is 1. The molecule has 0 aliphatic rings. The van der Waals surface area contributed by atoms with Crippen molar-refractivity contribution in [2.24, 2.45) is 0 Å². The predicted octanol–water partition coefficient (Wildman–Crippen LogP) is 3.95. The number of carbonyl (C=O) groups excluding carboxylic acids is 2. The molecule has 0 saturated carbocycles. The van der Waals surface area contributed by atoms with Crippen molar-refractivity contribution in [1.82, 2.24) is 15.2 Å². The zero-order valence-corrected chi connectivity index (χ0v) is 14.9. The van der Waals surface area contributed by atoms with Crippen molar-refractivity contribution >= 4 is 22.5 Å². The molecule has 0 spiro atoms. The third-order valence-electron chi connectivity index (χ3n) is 4.51. The molecule has 2 aromatic heterocycles. The van der Waals surface area contributed by atoms with Gasteiger partial charge in [-0.2, -0.15) is 5.10 Å². The Labute approximate surface area is 160 Å². The molecular formula is C22H16FN3O2. The zero-order valence-electron chi connectivity index (χ0n) is 14.9. The Balaban J connectivity index is 1.52. The van der Waals surface area contributed by atoms with E-state index < -0.39 is 0 Å². The Hall–Kier alpha value is -3.67.